The largest absolute Gasteiger partial charge is 0.485 e. The van der Waals surface area contributed by atoms with Crippen LogP contribution in [0.2, 0.25) is 0 Å². The first kappa shape index (κ1) is 27.1. The maximum Gasteiger partial charge on any atom is 0.247 e. The molecule has 6 heteroatoms. The molecule has 198 valence electrons. The Morgan fingerprint density at radius 1 is 1.08 bits per heavy atom. The van der Waals surface area contributed by atoms with Crippen molar-refractivity contribution < 1.29 is 14.3 Å². The number of imidazole rings is 1. The van der Waals surface area contributed by atoms with Crippen LogP contribution in [0.5, 0.6) is 5.75 Å². The maximum atomic E-state index is 14.1. The van der Waals surface area contributed by atoms with Gasteiger partial charge in [0.1, 0.15) is 24.7 Å². The molecule has 0 spiro atoms. The second-order valence-corrected chi connectivity index (χ2v) is 9.50. The third kappa shape index (κ3) is 5.81. The zero-order valence-electron chi connectivity index (χ0n) is 22.8. The van der Waals surface area contributed by atoms with Crippen LogP contribution in [0.1, 0.15) is 36.4 Å². The number of hydrogen-bond donors (Lipinski definition) is 0. The van der Waals surface area contributed by atoms with Crippen LogP contribution in [0, 0.1) is 6.92 Å². The second kappa shape index (κ2) is 12.6. The van der Waals surface area contributed by atoms with Crippen LogP contribution in [0.25, 0.3) is 11.0 Å². The number of ether oxygens (including phenoxy) is 2. The molecule has 0 saturated carbocycles. The summed E-state index contributed by atoms with van der Waals surface area (Å²) in [5, 5.41) is 0. The molecule has 3 aromatic carbocycles. The number of fused-ring (bicyclic) bond motifs is 1. The average Bonchev–Trinajstić information content (AvgIpc) is 3.26. The van der Waals surface area contributed by atoms with Gasteiger partial charge in [0, 0.05) is 7.11 Å². The Labute approximate surface area is 225 Å². The van der Waals surface area contributed by atoms with E-state index in [-0.39, 0.29) is 25.1 Å². The summed E-state index contributed by atoms with van der Waals surface area (Å²) >= 11 is 0. The Hall–Kier alpha value is -3.90. The molecule has 0 aliphatic heterocycles. The molecule has 1 amide bonds. The van der Waals surface area contributed by atoms with Crippen molar-refractivity contribution in [3.63, 3.8) is 0 Å². The molecule has 1 heterocycles. The van der Waals surface area contributed by atoms with Crippen LogP contribution in [0.4, 0.5) is 5.69 Å². The van der Waals surface area contributed by atoms with Crippen LogP contribution >= 0.6 is 0 Å². The fourth-order valence-electron chi connectivity index (χ4n) is 4.99. The predicted molar refractivity (Wildman–Crippen MR) is 154 cm³/mol. The Morgan fingerprint density at radius 3 is 2.58 bits per heavy atom. The summed E-state index contributed by atoms with van der Waals surface area (Å²) in [5.74, 6) is 1.47. The van der Waals surface area contributed by atoms with Gasteiger partial charge in [0.05, 0.1) is 29.4 Å². The molecule has 1 unspecified atom stereocenters. The number of aryl methyl sites for hydroxylation is 2. The first-order valence-corrected chi connectivity index (χ1v) is 13.1. The number of aromatic nitrogens is 2. The predicted octanol–water partition coefficient (Wildman–Crippen LogP) is 6.28. The number of allylic oxidation sites excluding steroid dienone is 1. The van der Waals surface area contributed by atoms with Crippen LogP contribution < -0.4 is 9.64 Å². The number of amides is 1. The van der Waals surface area contributed by atoms with E-state index >= 15 is 0 Å². The molecule has 0 bridgehead atoms. The highest BCUT2D eigenvalue weighted by Gasteiger charge is 2.27. The number of anilines is 1. The third-order valence-electron chi connectivity index (χ3n) is 6.78. The van der Waals surface area contributed by atoms with Gasteiger partial charge in [-0.05, 0) is 61.6 Å². The zero-order valence-corrected chi connectivity index (χ0v) is 22.8. The molecule has 4 rings (SSSR count). The lowest BCUT2D eigenvalue weighted by Crippen LogP contribution is -2.44. The number of hydrogen-bond acceptors (Lipinski definition) is 4. The van der Waals surface area contributed by atoms with Gasteiger partial charge in [0.2, 0.25) is 5.91 Å². The number of benzene rings is 3. The number of para-hydroxylation sites is 4. The molecular formula is C32H37N3O3. The maximum absolute atomic E-state index is 14.1. The molecule has 0 aliphatic carbocycles. The minimum absolute atomic E-state index is 0.0185. The van der Waals surface area contributed by atoms with Crippen LogP contribution in [-0.2, 0) is 35.5 Å². The monoisotopic (exact) mass is 511 g/mol. The van der Waals surface area contributed by atoms with Gasteiger partial charge in [0.25, 0.3) is 0 Å². The zero-order chi connectivity index (χ0) is 27.1. The minimum atomic E-state index is -0.140. The van der Waals surface area contributed by atoms with Crippen molar-refractivity contribution in [1.29, 1.82) is 0 Å². The molecule has 4 aromatic rings. The van der Waals surface area contributed by atoms with Crippen molar-refractivity contribution in [2.75, 3.05) is 18.6 Å². The Balaban J connectivity index is 1.71. The van der Waals surface area contributed by atoms with Crippen molar-refractivity contribution in [2.24, 2.45) is 0 Å². The first-order chi connectivity index (χ1) is 18.5. The highest BCUT2D eigenvalue weighted by Crippen LogP contribution is 2.29. The van der Waals surface area contributed by atoms with Gasteiger partial charge < -0.3 is 18.9 Å². The highest BCUT2D eigenvalue weighted by atomic mass is 16.5. The van der Waals surface area contributed by atoms with E-state index in [0.717, 1.165) is 45.6 Å². The molecule has 6 nitrogen and oxygen atoms in total. The van der Waals surface area contributed by atoms with Gasteiger partial charge in [-0.1, -0.05) is 61.5 Å². The van der Waals surface area contributed by atoms with E-state index in [1.807, 2.05) is 77.1 Å². The van der Waals surface area contributed by atoms with Crippen LogP contribution in [0.3, 0.4) is 0 Å². The number of carbonyl (C=O) groups excluding carboxylic acids is 1. The van der Waals surface area contributed by atoms with Crippen molar-refractivity contribution in [2.45, 2.75) is 52.8 Å². The van der Waals surface area contributed by atoms with Gasteiger partial charge >= 0.3 is 0 Å². The molecular weight excluding hydrogens is 474 g/mol. The van der Waals surface area contributed by atoms with E-state index in [2.05, 4.69) is 32.6 Å². The van der Waals surface area contributed by atoms with E-state index in [0.29, 0.717) is 18.9 Å². The smallest absolute Gasteiger partial charge is 0.247 e. The molecule has 0 saturated heterocycles. The Bertz CT molecular complexity index is 1410. The van der Waals surface area contributed by atoms with Gasteiger partial charge in [-0.25, -0.2) is 4.98 Å². The van der Waals surface area contributed by atoms with E-state index < -0.39 is 0 Å². The molecule has 1 atom stereocenters. The quantitative estimate of drug-likeness (QED) is 0.210. The summed E-state index contributed by atoms with van der Waals surface area (Å²) in [5.41, 5.74) is 5.97. The van der Waals surface area contributed by atoms with Gasteiger partial charge in [-0.3, -0.25) is 4.79 Å². The van der Waals surface area contributed by atoms with E-state index in [1.54, 1.807) is 7.11 Å². The SMILES string of the molecule is C=CCc1ccccc1OCc1nc2ccccc2n1CC(=O)N(c1c(C)cccc1CC)C(C)COC. The fraction of sp³-hybridized carbons (Fsp3) is 0.312. The first-order valence-electron chi connectivity index (χ1n) is 13.1. The average molecular weight is 512 g/mol. The van der Waals surface area contributed by atoms with Crippen LogP contribution in [0.15, 0.2) is 79.4 Å². The van der Waals surface area contributed by atoms with Crippen molar-refractivity contribution in [1.82, 2.24) is 9.55 Å². The topological polar surface area (TPSA) is 56.6 Å². The van der Waals surface area contributed by atoms with Crippen LogP contribution in [-0.4, -0.2) is 35.2 Å². The van der Waals surface area contributed by atoms with E-state index in [9.17, 15) is 4.79 Å². The molecule has 0 radical (unpaired) electrons. The lowest BCUT2D eigenvalue weighted by molar-refractivity contribution is -0.119. The second-order valence-electron chi connectivity index (χ2n) is 9.50. The summed E-state index contributed by atoms with van der Waals surface area (Å²) < 4.78 is 13.7. The minimum Gasteiger partial charge on any atom is -0.485 e. The molecule has 1 aromatic heterocycles. The lowest BCUT2D eigenvalue weighted by Gasteiger charge is -2.32. The fourth-order valence-corrected chi connectivity index (χ4v) is 4.99. The van der Waals surface area contributed by atoms with Crippen molar-refractivity contribution >= 4 is 22.6 Å². The Morgan fingerprint density at radius 2 is 1.82 bits per heavy atom. The van der Waals surface area contributed by atoms with Crippen molar-refractivity contribution in [3.05, 3.63) is 102 Å². The summed E-state index contributed by atoms with van der Waals surface area (Å²) in [6.45, 7) is 10.9. The van der Waals surface area contributed by atoms with Gasteiger partial charge in [-0.2, -0.15) is 0 Å². The Kier molecular flexibility index (Phi) is 8.98. The number of nitrogens with zero attached hydrogens (tertiary/aromatic N) is 3. The normalized spacial score (nSPS) is 11.9. The summed E-state index contributed by atoms with van der Waals surface area (Å²) in [7, 11) is 1.67. The molecule has 0 fully saturated rings. The third-order valence-corrected chi connectivity index (χ3v) is 6.78. The summed E-state index contributed by atoms with van der Waals surface area (Å²) in [4.78, 5) is 20.9. The van der Waals surface area contributed by atoms with E-state index in [1.165, 1.54) is 0 Å². The summed E-state index contributed by atoms with van der Waals surface area (Å²) in [6.07, 6.45) is 3.41. The van der Waals surface area contributed by atoms with Gasteiger partial charge in [0.15, 0.2) is 0 Å². The number of rotatable bonds is 12. The molecule has 38 heavy (non-hydrogen) atoms. The molecule has 0 aliphatic rings. The lowest BCUT2D eigenvalue weighted by atomic mass is 10.0. The number of methoxy groups -OCH3 is 1. The molecule has 0 N–H and O–H groups in total. The van der Waals surface area contributed by atoms with Crippen molar-refractivity contribution in [3.8, 4) is 5.75 Å². The summed E-state index contributed by atoms with van der Waals surface area (Å²) in [6, 6.07) is 21.9. The standard InChI is InChI=1S/C32H37N3O3/c1-6-13-26-15-8-11-19-29(26)38-22-30-33-27-17-9-10-18-28(27)34(30)20-31(36)35(24(4)21-37-5)32-23(3)14-12-16-25(32)7-2/h6,8-12,14-19,24H,1,7,13,20-22H2,2-5H3. The highest BCUT2D eigenvalue weighted by molar-refractivity contribution is 5.96. The van der Waals surface area contributed by atoms with E-state index in [4.69, 9.17) is 14.5 Å². The van der Waals surface area contributed by atoms with Gasteiger partial charge in [-0.15, -0.1) is 6.58 Å². The number of carbonyl (C=O) groups is 1.